The lowest BCUT2D eigenvalue weighted by Crippen LogP contribution is -1.94. The number of hydrogen-bond acceptors (Lipinski definition) is 3. The molecule has 3 nitrogen and oxygen atoms in total. The third-order valence-corrected chi connectivity index (χ3v) is 4.21. The maximum absolute atomic E-state index is 13.8. The molecule has 20 heavy (non-hydrogen) atoms. The number of ether oxygens (including phenoxy) is 1. The Morgan fingerprint density at radius 2 is 1.85 bits per heavy atom. The van der Waals surface area contributed by atoms with E-state index in [1.807, 2.05) is 0 Å². The van der Waals surface area contributed by atoms with E-state index in [0.717, 1.165) is 6.07 Å². The molecule has 0 saturated carbocycles. The molecular formula is C13H9Cl2FO3S. The maximum atomic E-state index is 13.8. The Balaban J connectivity index is 2.38. The molecule has 0 bridgehead atoms. The van der Waals surface area contributed by atoms with Crippen LogP contribution in [-0.4, -0.2) is 8.42 Å². The molecule has 0 N–H and O–H groups in total. The minimum absolute atomic E-state index is 0.00776. The van der Waals surface area contributed by atoms with Gasteiger partial charge in [0.25, 0.3) is 9.05 Å². The fraction of sp³-hybridized carbons (Fsp3) is 0.0769. The average Bonchev–Trinajstić information content (AvgIpc) is 2.36. The highest BCUT2D eigenvalue weighted by Gasteiger charge is 2.14. The second-order valence-electron chi connectivity index (χ2n) is 4.02. The standard InChI is InChI=1S/C13H9Cl2FO3S/c1-8-3-2-4-12(13(8)16)19-11-6-5-9(7-10(11)14)20(15,17)18/h2-7H,1H3. The van der Waals surface area contributed by atoms with Crippen molar-refractivity contribution in [1.82, 2.24) is 0 Å². The second kappa shape index (κ2) is 5.60. The van der Waals surface area contributed by atoms with E-state index in [-0.39, 0.29) is 21.4 Å². The van der Waals surface area contributed by atoms with E-state index in [0.29, 0.717) is 5.56 Å². The Labute approximate surface area is 125 Å². The predicted molar refractivity (Wildman–Crippen MR) is 75.7 cm³/mol. The van der Waals surface area contributed by atoms with Gasteiger partial charge in [-0.25, -0.2) is 12.8 Å². The van der Waals surface area contributed by atoms with Crippen LogP contribution in [0.25, 0.3) is 0 Å². The molecule has 0 unspecified atom stereocenters. The van der Waals surface area contributed by atoms with E-state index < -0.39 is 14.9 Å². The minimum atomic E-state index is -3.87. The number of halogens is 3. The second-order valence-corrected chi connectivity index (χ2v) is 6.99. The largest absolute Gasteiger partial charge is 0.453 e. The molecule has 7 heteroatoms. The van der Waals surface area contributed by atoms with Gasteiger partial charge < -0.3 is 4.74 Å². The summed E-state index contributed by atoms with van der Waals surface area (Å²) in [6, 6.07) is 8.39. The van der Waals surface area contributed by atoms with Crippen LogP contribution in [0.15, 0.2) is 41.3 Å². The average molecular weight is 335 g/mol. The summed E-state index contributed by atoms with van der Waals surface area (Å²) in [5.74, 6) is -0.355. The summed E-state index contributed by atoms with van der Waals surface area (Å²) in [6.45, 7) is 1.60. The number of benzene rings is 2. The molecule has 106 valence electrons. The number of aryl methyl sites for hydroxylation is 1. The van der Waals surface area contributed by atoms with Crippen LogP contribution in [0.1, 0.15) is 5.56 Å². The van der Waals surface area contributed by atoms with Gasteiger partial charge in [-0.1, -0.05) is 23.7 Å². The van der Waals surface area contributed by atoms with Crippen LogP contribution in [0, 0.1) is 12.7 Å². The third-order valence-electron chi connectivity index (χ3n) is 2.56. The summed E-state index contributed by atoms with van der Waals surface area (Å²) in [5.41, 5.74) is 0.429. The highest BCUT2D eigenvalue weighted by Crippen LogP contribution is 2.33. The SMILES string of the molecule is Cc1cccc(Oc2ccc(S(=O)(=O)Cl)cc2Cl)c1F. The molecule has 2 aromatic rings. The molecule has 0 aromatic heterocycles. The topological polar surface area (TPSA) is 43.4 Å². The van der Waals surface area contributed by atoms with Crippen molar-refractivity contribution in [2.75, 3.05) is 0 Å². The van der Waals surface area contributed by atoms with Crippen LogP contribution in [0.3, 0.4) is 0 Å². The quantitative estimate of drug-likeness (QED) is 0.775. The van der Waals surface area contributed by atoms with Gasteiger partial charge in [-0.2, -0.15) is 0 Å². The number of hydrogen-bond donors (Lipinski definition) is 0. The molecule has 0 heterocycles. The van der Waals surface area contributed by atoms with Gasteiger partial charge in [0.1, 0.15) is 5.75 Å². The van der Waals surface area contributed by atoms with Gasteiger partial charge in [-0.3, -0.25) is 0 Å². The minimum Gasteiger partial charge on any atom is -0.453 e. The van der Waals surface area contributed by atoms with Crippen molar-refractivity contribution in [2.24, 2.45) is 0 Å². The summed E-state index contributed by atoms with van der Waals surface area (Å²) in [7, 11) is 1.33. The fourth-order valence-electron chi connectivity index (χ4n) is 1.53. The first-order valence-corrected chi connectivity index (χ1v) is 8.15. The Morgan fingerprint density at radius 3 is 2.45 bits per heavy atom. The summed E-state index contributed by atoms with van der Waals surface area (Å²) in [5, 5.41) is 0.0210. The molecule has 0 aliphatic rings. The van der Waals surface area contributed by atoms with Crippen molar-refractivity contribution in [3.8, 4) is 11.5 Å². The van der Waals surface area contributed by atoms with Crippen molar-refractivity contribution in [3.63, 3.8) is 0 Å². The van der Waals surface area contributed by atoms with Crippen molar-refractivity contribution in [2.45, 2.75) is 11.8 Å². The van der Waals surface area contributed by atoms with Gasteiger partial charge in [-0.05, 0) is 36.8 Å². The van der Waals surface area contributed by atoms with E-state index in [1.165, 1.54) is 18.2 Å². The van der Waals surface area contributed by atoms with Crippen molar-refractivity contribution in [3.05, 3.63) is 52.8 Å². The molecular weight excluding hydrogens is 326 g/mol. The third kappa shape index (κ3) is 3.23. The van der Waals surface area contributed by atoms with Crippen LogP contribution in [0.2, 0.25) is 5.02 Å². The van der Waals surface area contributed by atoms with E-state index in [2.05, 4.69) is 0 Å². The number of rotatable bonds is 3. The van der Waals surface area contributed by atoms with E-state index in [9.17, 15) is 12.8 Å². The Morgan fingerprint density at radius 1 is 1.15 bits per heavy atom. The molecule has 0 spiro atoms. The monoisotopic (exact) mass is 334 g/mol. The summed E-state index contributed by atoms with van der Waals surface area (Å²) >= 11 is 5.91. The molecule has 0 radical (unpaired) electrons. The van der Waals surface area contributed by atoms with E-state index in [1.54, 1.807) is 19.1 Å². The predicted octanol–water partition coefficient (Wildman–Crippen LogP) is 4.51. The first kappa shape index (κ1) is 15.1. The zero-order chi connectivity index (χ0) is 14.9. The fourth-order valence-corrected chi connectivity index (χ4v) is 2.59. The van der Waals surface area contributed by atoms with Crippen molar-refractivity contribution in [1.29, 1.82) is 0 Å². The van der Waals surface area contributed by atoms with Gasteiger partial charge in [0, 0.05) is 10.7 Å². The lowest BCUT2D eigenvalue weighted by atomic mass is 10.2. The van der Waals surface area contributed by atoms with Crippen LogP contribution in [0.5, 0.6) is 11.5 Å². The first-order valence-electron chi connectivity index (χ1n) is 5.46. The Hall–Kier alpha value is -1.30. The zero-order valence-corrected chi connectivity index (χ0v) is 12.6. The zero-order valence-electron chi connectivity index (χ0n) is 10.2. The highest BCUT2D eigenvalue weighted by molar-refractivity contribution is 8.13. The first-order chi connectivity index (χ1) is 9.29. The van der Waals surface area contributed by atoms with Gasteiger partial charge in [0.15, 0.2) is 11.6 Å². The Bertz CT molecular complexity index is 760. The molecule has 0 saturated heterocycles. The summed E-state index contributed by atoms with van der Waals surface area (Å²) < 4.78 is 41.5. The normalized spacial score (nSPS) is 11.4. The molecule has 0 aliphatic heterocycles. The molecule has 0 fully saturated rings. The highest BCUT2D eigenvalue weighted by atomic mass is 35.7. The molecule has 0 amide bonds. The van der Waals surface area contributed by atoms with Crippen LogP contribution < -0.4 is 4.74 Å². The van der Waals surface area contributed by atoms with Crippen LogP contribution in [-0.2, 0) is 9.05 Å². The smallest absolute Gasteiger partial charge is 0.261 e. The molecule has 2 rings (SSSR count). The van der Waals surface area contributed by atoms with Gasteiger partial charge in [0.2, 0.25) is 0 Å². The van der Waals surface area contributed by atoms with Crippen molar-refractivity contribution < 1.29 is 17.5 Å². The Kier molecular flexibility index (Phi) is 4.22. The summed E-state index contributed by atoms with van der Waals surface area (Å²) in [6.07, 6.45) is 0. The maximum Gasteiger partial charge on any atom is 0.261 e. The van der Waals surface area contributed by atoms with Gasteiger partial charge in [0.05, 0.1) is 9.92 Å². The lowest BCUT2D eigenvalue weighted by molar-refractivity contribution is 0.440. The molecule has 0 atom stereocenters. The van der Waals surface area contributed by atoms with Crippen LogP contribution >= 0.6 is 22.3 Å². The molecule has 2 aromatic carbocycles. The van der Waals surface area contributed by atoms with Crippen molar-refractivity contribution >= 4 is 31.3 Å². The molecule has 0 aliphatic carbocycles. The van der Waals surface area contributed by atoms with Gasteiger partial charge >= 0.3 is 0 Å². The van der Waals surface area contributed by atoms with E-state index in [4.69, 9.17) is 27.0 Å². The lowest BCUT2D eigenvalue weighted by Gasteiger charge is -2.10. The van der Waals surface area contributed by atoms with E-state index >= 15 is 0 Å². The van der Waals surface area contributed by atoms with Crippen LogP contribution in [0.4, 0.5) is 4.39 Å². The summed E-state index contributed by atoms with van der Waals surface area (Å²) in [4.78, 5) is -0.152. The van der Waals surface area contributed by atoms with Gasteiger partial charge in [-0.15, -0.1) is 0 Å².